The van der Waals surface area contributed by atoms with E-state index in [1.54, 1.807) is 0 Å². The van der Waals surface area contributed by atoms with Crippen LogP contribution in [-0.4, -0.2) is 0 Å². The van der Waals surface area contributed by atoms with Crippen LogP contribution in [0.25, 0.3) is 0 Å². The molecule has 2 rings (SSSR count). The first-order chi connectivity index (χ1) is 8.56. The van der Waals surface area contributed by atoms with Gasteiger partial charge in [-0.25, -0.2) is 0 Å². The second-order valence-corrected chi connectivity index (χ2v) is 5.46. The molecule has 0 radical (unpaired) electrons. The van der Waals surface area contributed by atoms with Gasteiger partial charge < -0.3 is 9.15 Å². The van der Waals surface area contributed by atoms with Crippen LogP contribution in [0.4, 0.5) is 0 Å². The fourth-order valence-electron chi connectivity index (χ4n) is 1.71. The highest BCUT2D eigenvalue weighted by Gasteiger charge is 2.06. The van der Waals surface area contributed by atoms with E-state index in [1.807, 2.05) is 12.1 Å². The van der Waals surface area contributed by atoms with Gasteiger partial charge in [-0.2, -0.15) is 0 Å². The van der Waals surface area contributed by atoms with Gasteiger partial charge >= 0.3 is 0 Å². The third kappa shape index (κ3) is 3.16. The highest BCUT2D eigenvalue weighted by Crippen LogP contribution is 2.25. The van der Waals surface area contributed by atoms with Crippen molar-refractivity contribution in [2.24, 2.45) is 0 Å². The maximum absolute atomic E-state index is 5.81. The summed E-state index contributed by atoms with van der Waals surface area (Å²) in [6.07, 6.45) is 0. The first-order valence-electron chi connectivity index (χ1n) is 6.04. The van der Waals surface area contributed by atoms with Crippen molar-refractivity contribution in [3.05, 3.63) is 51.9 Å². The number of hydrogen-bond acceptors (Lipinski definition) is 2. The van der Waals surface area contributed by atoms with Crippen molar-refractivity contribution >= 4 is 15.9 Å². The minimum Gasteiger partial charge on any atom is -0.485 e. The largest absolute Gasteiger partial charge is 0.485 e. The third-order valence-electron chi connectivity index (χ3n) is 2.88. The van der Waals surface area contributed by atoms with Gasteiger partial charge in [-0.15, -0.1) is 0 Å². The highest BCUT2D eigenvalue weighted by molar-refractivity contribution is 9.10. The molecule has 0 amide bonds. The van der Waals surface area contributed by atoms with Crippen molar-refractivity contribution in [3.8, 4) is 5.75 Å². The molecule has 0 N–H and O–H groups in total. The molecule has 1 aromatic carbocycles. The van der Waals surface area contributed by atoms with Gasteiger partial charge in [-0.05, 0) is 58.1 Å². The molecular formula is C15H17BrO2. The first-order valence-corrected chi connectivity index (χ1v) is 6.83. The molecule has 0 aliphatic heterocycles. The predicted molar refractivity (Wildman–Crippen MR) is 76.0 cm³/mol. The third-order valence-corrected chi connectivity index (χ3v) is 3.30. The van der Waals surface area contributed by atoms with Crippen LogP contribution in [0.1, 0.15) is 36.7 Å². The molecule has 18 heavy (non-hydrogen) atoms. The monoisotopic (exact) mass is 308 g/mol. The van der Waals surface area contributed by atoms with Gasteiger partial charge in [-0.1, -0.05) is 26.0 Å². The van der Waals surface area contributed by atoms with E-state index in [0.717, 1.165) is 21.7 Å². The average Bonchev–Trinajstić information content (AvgIpc) is 2.74. The summed E-state index contributed by atoms with van der Waals surface area (Å²) in [5, 5.41) is 0. The molecule has 0 aliphatic carbocycles. The SMILES string of the molecule is Cc1ccc(C(C)C)cc1OCc1ccc(Br)o1. The number of furan rings is 1. The summed E-state index contributed by atoms with van der Waals surface area (Å²) < 4.78 is 12.0. The summed E-state index contributed by atoms with van der Waals surface area (Å²) in [7, 11) is 0. The zero-order chi connectivity index (χ0) is 13.1. The summed E-state index contributed by atoms with van der Waals surface area (Å²) >= 11 is 3.28. The Kier molecular flexibility index (Phi) is 4.12. The number of halogens is 1. The molecule has 0 aliphatic rings. The Labute approximate surface area is 116 Å². The van der Waals surface area contributed by atoms with E-state index < -0.39 is 0 Å². The molecule has 3 heteroatoms. The van der Waals surface area contributed by atoms with Crippen molar-refractivity contribution in [2.75, 3.05) is 0 Å². The van der Waals surface area contributed by atoms with Gasteiger partial charge in [0.15, 0.2) is 4.67 Å². The Morgan fingerprint density at radius 3 is 2.61 bits per heavy atom. The zero-order valence-corrected chi connectivity index (χ0v) is 12.5. The van der Waals surface area contributed by atoms with Crippen molar-refractivity contribution in [1.29, 1.82) is 0 Å². The molecule has 0 saturated heterocycles. The number of hydrogen-bond donors (Lipinski definition) is 0. The summed E-state index contributed by atoms with van der Waals surface area (Å²) in [6.45, 7) is 6.86. The van der Waals surface area contributed by atoms with E-state index in [2.05, 4.69) is 54.9 Å². The van der Waals surface area contributed by atoms with Crippen LogP contribution >= 0.6 is 15.9 Å². The van der Waals surface area contributed by atoms with Crippen molar-refractivity contribution in [2.45, 2.75) is 33.3 Å². The molecule has 2 nitrogen and oxygen atoms in total. The van der Waals surface area contributed by atoms with Crippen molar-refractivity contribution in [1.82, 2.24) is 0 Å². The standard InChI is InChI=1S/C15H17BrO2/c1-10(2)12-5-4-11(3)14(8-12)17-9-13-6-7-15(16)18-13/h4-8,10H,9H2,1-3H3. The molecule has 1 aromatic heterocycles. The van der Waals surface area contributed by atoms with E-state index in [0.29, 0.717) is 12.5 Å². The number of benzene rings is 1. The van der Waals surface area contributed by atoms with Gasteiger partial charge in [-0.3, -0.25) is 0 Å². The molecule has 0 saturated carbocycles. The number of ether oxygens (including phenoxy) is 1. The minimum atomic E-state index is 0.452. The predicted octanol–water partition coefficient (Wildman–Crippen LogP) is 5.05. The summed E-state index contributed by atoms with van der Waals surface area (Å²) in [5.41, 5.74) is 2.43. The van der Waals surface area contributed by atoms with Gasteiger partial charge in [0.2, 0.25) is 0 Å². The molecule has 2 aromatic rings. The Morgan fingerprint density at radius 1 is 1.22 bits per heavy atom. The van der Waals surface area contributed by atoms with Crippen LogP contribution < -0.4 is 4.74 Å². The van der Waals surface area contributed by atoms with Crippen LogP contribution in [0.2, 0.25) is 0 Å². The topological polar surface area (TPSA) is 22.4 Å². The Morgan fingerprint density at radius 2 is 2.00 bits per heavy atom. The van der Waals surface area contributed by atoms with E-state index in [9.17, 15) is 0 Å². The molecule has 0 spiro atoms. The maximum atomic E-state index is 5.81. The minimum absolute atomic E-state index is 0.452. The molecule has 0 bridgehead atoms. The smallest absolute Gasteiger partial charge is 0.169 e. The lowest BCUT2D eigenvalue weighted by molar-refractivity contribution is 0.266. The van der Waals surface area contributed by atoms with Gasteiger partial charge in [0, 0.05) is 0 Å². The van der Waals surface area contributed by atoms with Gasteiger partial charge in [0.25, 0.3) is 0 Å². The van der Waals surface area contributed by atoms with Crippen LogP contribution in [0.3, 0.4) is 0 Å². The molecule has 0 unspecified atom stereocenters. The fourth-order valence-corrected chi connectivity index (χ4v) is 2.05. The summed E-state index contributed by atoms with van der Waals surface area (Å²) in [4.78, 5) is 0. The Bertz CT molecular complexity index is 529. The lowest BCUT2D eigenvalue weighted by Gasteiger charge is -2.12. The van der Waals surface area contributed by atoms with E-state index in [1.165, 1.54) is 5.56 Å². The molecule has 96 valence electrons. The second-order valence-electron chi connectivity index (χ2n) is 4.67. The molecule has 1 heterocycles. The molecule has 0 atom stereocenters. The Hall–Kier alpha value is -1.22. The first kappa shape index (κ1) is 13.2. The fraction of sp³-hybridized carbons (Fsp3) is 0.333. The average molecular weight is 309 g/mol. The van der Waals surface area contributed by atoms with Gasteiger partial charge in [0.05, 0.1) is 0 Å². The Balaban J connectivity index is 2.10. The highest BCUT2D eigenvalue weighted by atomic mass is 79.9. The lowest BCUT2D eigenvalue weighted by atomic mass is 10.0. The number of aryl methyl sites for hydroxylation is 1. The van der Waals surface area contributed by atoms with E-state index >= 15 is 0 Å². The van der Waals surface area contributed by atoms with E-state index in [-0.39, 0.29) is 0 Å². The maximum Gasteiger partial charge on any atom is 0.169 e. The van der Waals surface area contributed by atoms with E-state index in [4.69, 9.17) is 9.15 Å². The lowest BCUT2D eigenvalue weighted by Crippen LogP contribution is -1.97. The second kappa shape index (κ2) is 5.61. The van der Waals surface area contributed by atoms with Crippen molar-refractivity contribution in [3.63, 3.8) is 0 Å². The van der Waals surface area contributed by atoms with Crippen molar-refractivity contribution < 1.29 is 9.15 Å². The summed E-state index contributed by atoms with van der Waals surface area (Å²) in [5.74, 6) is 2.25. The zero-order valence-electron chi connectivity index (χ0n) is 10.9. The number of rotatable bonds is 4. The van der Waals surface area contributed by atoms with Crippen LogP contribution in [0, 0.1) is 6.92 Å². The summed E-state index contributed by atoms with van der Waals surface area (Å²) in [6, 6.07) is 10.1. The van der Waals surface area contributed by atoms with Crippen LogP contribution in [0.5, 0.6) is 5.75 Å². The van der Waals surface area contributed by atoms with Gasteiger partial charge in [0.1, 0.15) is 18.1 Å². The van der Waals surface area contributed by atoms with Crippen LogP contribution in [0.15, 0.2) is 39.4 Å². The quantitative estimate of drug-likeness (QED) is 0.788. The normalized spacial score (nSPS) is 10.9. The molecular weight excluding hydrogens is 292 g/mol. The molecule has 0 fully saturated rings. The van der Waals surface area contributed by atoms with Crippen LogP contribution in [-0.2, 0) is 6.61 Å².